The summed E-state index contributed by atoms with van der Waals surface area (Å²) in [6, 6.07) is 0. The van der Waals surface area contributed by atoms with E-state index in [4.69, 9.17) is 5.73 Å². The van der Waals surface area contributed by atoms with Crippen molar-refractivity contribution in [3.63, 3.8) is 0 Å². The highest BCUT2D eigenvalue weighted by Gasteiger charge is 1.90. The minimum Gasteiger partial charge on any atom is -0.316 e. The molecule has 2 nitrogen and oxygen atoms in total. The van der Waals surface area contributed by atoms with Crippen LogP contribution in [0.1, 0.15) is 13.3 Å². The molecule has 0 aliphatic rings. The van der Waals surface area contributed by atoms with E-state index in [1.165, 1.54) is 0 Å². The zero-order chi connectivity index (χ0) is 5.70. The summed E-state index contributed by atoms with van der Waals surface area (Å²) >= 11 is 0. The minimum absolute atomic E-state index is 0.0880. The van der Waals surface area contributed by atoms with Crippen LogP contribution in [0.2, 0.25) is 0 Å². The third-order valence-electron chi connectivity index (χ3n) is 0.777. The van der Waals surface area contributed by atoms with Gasteiger partial charge in [-0.25, -0.2) is 0 Å². The molecule has 0 spiro atoms. The summed E-state index contributed by atoms with van der Waals surface area (Å²) in [5.41, 5.74) is 5.41. The third-order valence-corrected chi connectivity index (χ3v) is 0.777. The van der Waals surface area contributed by atoms with E-state index in [-0.39, 0.29) is 6.17 Å². The largest absolute Gasteiger partial charge is 0.316 e. The van der Waals surface area contributed by atoms with Gasteiger partial charge in [0, 0.05) is 0 Å². The summed E-state index contributed by atoms with van der Waals surface area (Å²) in [4.78, 5) is 0. The molecule has 43 valence electrons. The Morgan fingerprint density at radius 1 is 1.86 bits per heavy atom. The van der Waals surface area contributed by atoms with E-state index in [1.807, 2.05) is 6.92 Å². The first kappa shape index (κ1) is 6.92. The Balaban J connectivity index is 2.83. The van der Waals surface area contributed by atoms with Gasteiger partial charge in [0.1, 0.15) is 0 Å². The standard InChI is InChI=1S/C5H13N2/c1-3-5(6)7-4-2/h5,7H,1,3-4,6H2,2H3. The van der Waals surface area contributed by atoms with Crippen LogP contribution in [0.15, 0.2) is 0 Å². The van der Waals surface area contributed by atoms with E-state index in [0.717, 1.165) is 13.0 Å². The summed E-state index contributed by atoms with van der Waals surface area (Å²) in [5.74, 6) is 0. The molecule has 7 heavy (non-hydrogen) atoms. The Kier molecular flexibility index (Phi) is 4.04. The molecule has 3 N–H and O–H groups in total. The summed E-state index contributed by atoms with van der Waals surface area (Å²) in [7, 11) is 0. The van der Waals surface area contributed by atoms with Crippen LogP contribution in [0, 0.1) is 6.92 Å². The van der Waals surface area contributed by atoms with Gasteiger partial charge in [0.15, 0.2) is 0 Å². The lowest BCUT2D eigenvalue weighted by Crippen LogP contribution is -2.36. The fourth-order valence-corrected chi connectivity index (χ4v) is 0.364. The first-order valence-electron chi connectivity index (χ1n) is 2.59. The Bertz CT molecular complexity index is 37.1. The molecule has 0 aromatic heterocycles. The smallest absolute Gasteiger partial charge is 0.0546 e. The number of hydrogen-bond donors (Lipinski definition) is 2. The first-order valence-corrected chi connectivity index (χ1v) is 2.59. The van der Waals surface area contributed by atoms with Crippen LogP contribution in [-0.4, -0.2) is 12.7 Å². The van der Waals surface area contributed by atoms with Gasteiger partial charge >= 0.3 is 0 Å². The average molecular weight is 101 g/mol. The monoisotopic (exact) mass is 101 g/mol. The van der Waals surface area contributed by atoms with E-state index < -0.39 is 0 Å². The van der Waals surface area contributed by atoms with Gasteiger partial charge in [-0.1, -0.05) is 13.8 Å². The maximum Gasteiger partial charge on any atom is 0.0546 e. The highest BCUT2D eigenvalue weighted by atomic mass is 15.0. The third kappa shape index (κ3) is 3.76. The van der Waals surface area contributed by atoms with Gasteiger partial charge in [-0.2, -0.15) is 0 Å². The molecule has 1 unspecified atom stereocenters. The Hall–Kier alpha value is -0.0800. The molecule has 1 radical (unpaired) electrons. The van der Waals surface area contributed by atoms with E-state index in [0.29, 0.717) is 0 Å². The number of nitrogens with two attached hydrogens (primary N) is 1. The van der Waals surface area contributed by atoms with Crippen molar-refractivity contribution in [1.82, 2.24) is 5.32 Å². The molecule has 0 bridgehead atoms. The summed E-state index contributed by atoms with van der Waals surface area (Å²) in [6.07, 6.45) is 0.846. The maximum absolute atomic E-state index is 5.41. The zero-order valence-corrected chi connectivity index (χ0v) is 4.78. The van der Waals surface area contributed by atoms with Crippen LogP contribution in [-0.2, 0) is 0 Å². The van der Waals surface area contributed by atoms with Gasteiger partial charge in [-0.3, -0.25) is 0 Å². The van der Waals surface area contributed by atoms with Crippen molar-refractivity contribution in [3.8, 4) is 0 Å². The van der Waals surface area contributed by atoms with E-state index in [1.54, 1.807) is 0 Å². The van der Waals surface area contributed by atoms with E-state index in [9.17, 15) is 0 Å². The maximum atomic E-state index is 5.41. The average Bonchev–Trinajstić information content (AvgIpc) is 1.68. The molecule has 0 saturated heterocycles. The highest BCUT2D eigenvalue weighted by molar-refractivity contribution is 4.56. The SMILES string of the molecule is [CH2]CC(N)NCC. The molecule has 2 heteroatoms. The summed E-state index contributed by atoms with van der Waals surface area (Å²) in [6.45, 7) is 6.57. The highest BCUT2D eigenvalue weighted by Crippen LogP contribution is 1.75. The lowest BCUT2D eigenvalue weighted by Gasteiger charge is -2.06. The molecular weight excluding hydrogens is 88.1 g/mol. The fourth-order valence-electron chi connectivity index (χ4n) is 0.364. The van der Waals surface area contributed by atoms with Crippen LogP contribution in [0.3, 0.4) is 0 Å². The molecule has 0 saturated carbocycles. The zero-order valence-electron chi connectivity index (χ0n) is 4.78. The van der Waals surface area contributed by atoms with Crippen molar-refractivity contribution in [1.29, 1.82) is 0 Å². The van der Waals surface area contributed by atoms with Crippen molar-refractivity contribution < 1.29 is 0 Å². The van der Waals surface area contributed by atoms with Gasteiger partial charge in [0.25, 0.3) is 0 Å². The lowest BCUT2D eigenvalue weighted by atomic mass is 10.4. The molecule has 0 heterocycles. The summed E-state index contributed by atoms with van der Waals surface area (Å²) in [5, 5.41) is 3.01. The van der Waals surface area contributed by atoms with Crippen LogP contribution >= 0.6 is 0 Å². The fraction of sp³-hybridized carbons (Fsp3) is 0.800. The van der Waals surface area contributed by atoms with Crippen molar-refractivity contribution in [3.05, 3.63) is 6.92 Å². The van der Waals surface area contributed by atoms with Crippen molar-refractivity contribution in [2.75, 3.05) is 6.54 Å². The van der Waals surface area contributed by atoms with Crippen molar-refractivity contribution in [2.45, 2.75) is 19.5 Å². The normalized spacial score (nSPS) is 14.1. The van der Waals surface area contributed by atoms with E-state index in [2.05, 4.69) is 12.2 Å². The molecule has 0 aromatic carbocycles. The lowest BCUT2D eigenvalue weighted by molar-refractivity contribution is 0.550. The van der Waals surface area contributed by atoms with Gasteiger partial charge < -0.3 is 11.1 Å². The predicted molar refractivity (Wildman–Crippen MR) is 31.6 cm³/mol. The van der Waals surface area contributed by atoms with Crippen LogP contribution in [0.4, 0.5) is 0 Å². The molecule has 0 rings (SSSR count). The second-order valence-corrected chi connectivity index (χ2v) is 1.45. The van der Waals surface area contributed by atoms with Gasteiger partial charge in [-0.15, -0.1) is 0 Å². The Labute approximate surface area is 45.1 Å². The van der Waals surface area contributed by atoms with Gasteiger partial charge in [0.2, 0.25) is 0 Å². The second kappa shape index (κ2) is 4.09. The first-order chi connectivity index (χ1) is 3.31. The Morgan fingerprint density at radius 2 is 2.43 bits per heavy atom. The van der Waals surface area contributed by atoms with E-state index >= 15 is 0 Å². The molecule has 0 aliphatic heterocycles. The minimum atomic E-state index is 0.0880. The molecular formula is C5H13N2. The number of hydrogen-bond acceptors (Lipinski definition) is 2. The molecule has 0 aromatic rings. The van der Waals surface area contributed by atoms with Crippen molar-refractivity contribution >= 4 is 0 Å². The van der Waals surface area contributed by atoms with Crippen molar-refractivity contribution in [2.24, 2.45) is 5.73 Å². The molecule has 0 fully saturated rings. The van der Waals surface area contributed by atoms with Gasteiger partial charge in [-0.05, 0) is 13.0 Å². The van der Waals surface area contributed by atoms with Crippen LogP contribution in [0.5, 0.6) is 0 Å². The second-order valence-electron chi connectivity index (χ2n) is 1.45. The Morgan fingerprint density at radius 3 is 2.57 bits per heavy atom. The topological polar surface area (TPSA) is 38.0 Å². The molecule has 0 amide bonds. The summed E-state index contributed by atoms with van der Waals surface area (Å²) < 4.78 is 0. The van der Waals surface area contributed by atoms with Gasteiger partial charge in [0.05, 0.1) is 6.17 Å². The number of nitrogens with one attached hydrogen (secondary N) is 1. The molecule has 1 atom stereocenters. The quantitative estimate of drug-likeness (QED) is 0.495. The van der Waals surface area contributed by atoms with Crippen LogP contribution < -0.4 is 11.1 Å². The predicted octanol–water partition coefficient (Wildman–Crippen LogP) is 0.105. The number of rotatable bonds is 3. The van der Waals surface area contributed by atoms with Crippen LogP contribution in [0.25, 0.3) is 0 Å². The molecule has 0 aliphatic carbocycles.